The van der Waals surface area contributed by atoms with Gasteiger partial charge in [-0.25, -0.2) is 0 Å². The number of likely N-dealkylation sites (tertiary alicyclic amines) is 1. The van der Waals surface area contributed by atoms with Crippen molar-refractivity contribution >= 4 is 0 Å². The van der Waals surface area contributed by atoms with Crippen LogP contribution in [0, 0.1) is 5.92 Å². The third-order valence-electron chi connectivity index (χ3n) is 5.25. The zero-order valence-corrected chi connectivity index (χ0v) is 11.8. The monoisotopic (exact) mass is 239 g/mol. The summed E-state index contributed by atoms with van der Waals surface area (Å²) in [5.41, 5.74) is -0.368. The number of piperidine rings is 1. The Hall–Kier alpha value is -0.0800. The van der Waals surface area contributed by atoms with E-state index in [4.69, 9.17) is 0 Å². The molecule has 4 atom stereocenters. The van der Waals surface area contributed by atoms with E-state index in [1.54, 1.807) is 0 Å². The van der Waals surface area contributed by atoms with Crippen LogP contribution in [0.2, 0.25) is 0 Å². The lowest BCUT2D eigenvalue weighted by atomic mass is 9.66. The zero-order valence-electron chi connectivity index (χ0n) is 11.8. The van der Waals surface area contributed by atoms with Crippen LogP contribution in [0.15, 0.2) is 0 Å². The first-order chi connectivity index (χ1) is 8.08. The fourth-order valence-electron chi connectivity index (χ4n) is 4.13. The number of hydrogen-bond donors (Lipinski definition) is 1. The molecular weight excluding hydrogens is 210 g/mol. The van der Waals surface area contributed by atoms with Crippen LogP contribution in [-0.4, -0.2) is 34.7 Å². The van der Waals surface area contributed by atoms with E-state index < -0.39 is 0 Å². The van der Waals surface area contributed by atoms with Gasteiger partial charge in [0.25, 0.3) is 0 Å². The highest BCUT2D eigenvalue weighted by Gasteiger charge is 2.48. The Kier molecular flexibility index (Phi) is 4.14. The minimum Gasteiger partial charge on any atom is -0.389 e. The summed E-state index contributed by atoms with van der Waals surface area (Å²) in [7, 11) is 2.26. The predicted octanol–water partition coefficient (Wildman–Crippen LogP) is 3.19. The number of aliphatic hydroxyl groups is 1. The fraction of sp³-hybridized carbons (Fsp3) is 1.00. The lowest BCUT2D eigenvalue weighted by molar-refractivity contribution is -0.131. The molecule has 0 spiro atoms. The minimum atomic E-state index is -0.368. The first kappa shape index (κ1) is 13.4. The van der Waals surface area contributed by atoms with Crippen LogP contribution in [0.4, 0.5) is 0 Å². The first-order valence-electron chi connectivity index (χ1n) is 7.53. The number of hydrogen-bond acceptors (Lipinski definition) is 2. The lowest BCUT2D eigenvalue weighted by Crippen LogP contribution is -2.60. The maximum absolute atomic E-state index is 11.1. The second-order valence-corrected chi connectivity index (χ2v) is 6.38. The number of rotatable bonds is 3. The molecule has 1 aliphatic heterocycles. The Morgan fingerprint density at radius 3 is 2.71 bits per heavy atom. The van der Waals surface area contributed by atoms with E-state index >= 15 is 0 Å². The molecule has 1 saturated heterocycles. The molecule has 0 aromatic carbocycles. The molecule has 0 amide bonds. The van der Waals surface area contributed by atoms with Gasteiger partial charge >= 0.3 is 0 Å². The standard InChI is InChI=1S/C15H29NO/c1-4-5-10-15(17)11-12(2)16(3)14-9-7-6-8-13(14)15/h12-14,17H,4-11H2,1-3H3/t12-,13+,14+,15-/m0/s1. The van der Waals surface area contributed by atoms with Gasteiger partial charge in [0, 0.05) is 18.0 Å². The number of unbranched alkanes of at least 4 members (excludes halogenated alkanes) is 1. The quantitative estimate of drug-likeness (QED) is 0.817. The molecule has 2 rings (SSSR count). The number of fused-ring (bicyclic) bond motifs is 1. The summed E-state index contributed by atoms with van der Waals surface area (Å²) in [6.45, 7) is 4.50. The topological polar surface area (TPSA) is 23.5 Å². The van der Waals surface area contributed by atoms with Crippen molar-refractivity contribution < 1.29 is 5.11 Å². The Bertz CT molecular complexity index is 255. The molecule has 17 heavy (non-hydrogen) atoms. The van der Waals surface area contributed by atoms with Gasteiger partial charge < -0.3 is 10.0 Å². The molecule has 1 N–H and O–H groups in total. The minimum absolute atomic E-state index is 0.368. The van der Waals surface area contributed by atoms with E-state index in [1.807, 2.05) is 0 Å². The van der Waals surface area contributed by atoms with E-state index in [2.05, 4.69) is 25.8 Å². The molecule has 1 heterocycles. The zero-order chi connectivity index (χ0) is 12.5. The molecule has 0 aromatic heterocycles. The summed E-state index contributed by atoms with van der Waals surface area (Å²) in [6.07, 6.45) is 9.56. The van der Waals surface area contributed by atoms with Gasteiger partial charge in [0.15, 0.2) is 0 Å². The van der Waals surface area contributed by atoms with E-state index in [-0.39, 0.29) is 5.60 Å². The lowest BCUT2D eigenvalue weighted by Gasteiger charge is -2.54. The predicted molar refractivity (Wildman–Crippen MR) is 72.1 cm³/mol. The van der Waals surface area contributed by atoms with Crippen LogP contribution in [0.3, 0.4) is 0 Å². The molecule has 0 bridgehead atoms. The maximum Gasteiger partial charge on any atom is 0.0705 e. The largest absolute Gasteiger partial charge is 0.389 e. The van der Waals surface area contributed by atoms with Crippen LogP contribution in [0.1, 0.15) is 65.2 Å². The molecule has 0 radical (unpaired) electrons. The molecule has 2 heteroatoms. The summed E-state index contributed by atoms with van der Waals surface area (Å²) in [5.74, 6) is 0.531. The van der Waals surface area contributed by atoms with Crippen molar-refractivity contribution in [3.63, 3.8) is 0 Å². The Morgan fingerprint density at radius 2 is 2.00 bits per heavy atom. The summed E-state index contributed by atoms with van der Waals surface area (Å²) >= 11 is 0. The normalized spacial score (nSPS) is 43.4. The molecule has 0 aromatic rings. The Morgan fingerprint density at radius 1 is 1.29 bits per heavy atom. The van der Waals surface area contributed by atoms with Gasteiger partial charge in [0.05, 0.1) is 5.60 Å². The summed E-state index contributed by atoms with van der Waals surface area (Å²) in [4.78, 5) is 2.53. The van der Waals surface area contributed by atoms with Gasteiger partial charge in [0.1, 0.15) is 0 Å². The summed E-state index contributed by atoms with van der Waals surface area (Å²) in [6, 6.07) is 1.17. The summed E-state index contributed by atoms with van der Waals surface area (Å²) in [5, 5.41) is 11.1. The van der Waals surface area contributed by atoms with E-state index in [0.29, 0.717) is 18.0 Å². The third-order valence-corrected chi connectivity index (χ3v) is 5.25. The Balaban J connectivity index is 2.14. The molecule has 1 saturated carbocycles. The smallest absolute Gasteiger partial charge is 0.0705 e. The second-order valence-electron chi connectivity index (χ2n) is 6.38. The van der Waals surface area contributed by atoms with Crippen LogP contribution in [0.25, 0.3) is 0 Å². The summed E-state index contributed by atoms with van der Waals surface area (Å²) < 4.78 is 0. The van der Waals surface area contributed by atoms with Crippen LogP contribution >= 0.6 is 0 Å². The molecule has 1 aliphatic carbocycles. The van der Waals surface area contributed by atoms with Gasteiger partial charge in [-0.3, -0.25) is 0 Å². The number of nitrogens with zero attached hydrogens (tertiary/aromatic N) is 1. The van der Waals surface area contributed by atoms with Crippen LogP contribution < -0.4 is 0 Å². The molecule has 2 fully saturated rings. The first-order valence-corrected chi connectivity index (χ1v) is 7.53. The highest BCUT2D eigenvalue weighted by molar-refractivity contribution is 5.02. The van der Waals surface area contributed by atoms with Crippen molar-refractivity contribution in [3.8, 4) is 0 Å². The highest BCUT2D eigenvalue weighted by atomic mass is 16.3. The molecular formula is C15H29NO. The molecule has 2 aliphatic rings. The molecule has 0 unspecified atom stereocenters. The van der Waals surface area contributed by atoms with E-state index in [1.165, 1.54) is 38.5 Å². The maximum atomic E-state index is 11.1. The van der Waals surface area contributed by atoms with Gasteiger partial charge in [-0.15, -0.1) is 0 Å². The molecule has 100 valence electrons. The van der Waals surface area contributed by atoms with E-state index in [9.17, 15) is 5.11 Å². The van der Waals surface area contributed by atoms with Crippen molar-refractivity contribution in [3.05, 3.63) is 0 Å². The van der Waals surface area contributed by atoms with Gasteiger partial charge in [0.2, 0.25) is 0 Å². The average Bonchev–Trinajstić information content (AvgIpc) is 2.34. The highest BCUT2D eigenvalue weighted by Crippen LogP contribution is 2.45. The van der Waals surface area contributed by atoms with Crippen molar-refractivity contribution in [1.29, 1.82) is 0 Å². The van der Waals surface area contributed by atoms with Gasteiger partial charge in [-0.1, -0.05) is 32.6 Å². The molecule has 2 nitrogen and oxygen atoms in total. The SMILES string of the molecule is CCCC[C@]1(O)C[C@H](C)N(C)[C@@H]2CCCC[C@H]21. The van der Waals surface area contributed by atoms with Crippen LogP contribution in [-0.2, 0) is 0 Å². The fourth-order valence-corrected chi connectivity index (χ4v) is 4.13. The van der Waals surface area contributed by atoms with Gasteiger partial charge in [-0.05, 0) is 39.7 Å². The third kappa shape index (κ3) is 2.53. The van der Waals surface area contributed by atoms with Crippen molar-refractivity contribution in [2.45, 2.75) is 82.9 Å². The van der Waals surface area contributed by atoms with Crippen molar-refractivity contribution in [2.24, 2.45) is 5.92 Å². The van der Waals surface area contributed by atoms with Crippen molar-refractivity contribution in [2.75, 3.05) is 7.05 Å². The second kappa shape index (κ2) is 5.27. The van der Waals surface area contributed by atoms with Crippen molar-refractivity contribution in [1.82, 2.24) is 4.90 Å². The average molecular weight is 239 g/mol. The van der Waals surface area contributed by atoms with E-state index in [0.717, 1.165) is 12.8 Å². The Labute approximate surface area is 106 Å². The van der Waals surface area contributed by atoms with Crippen LogP contribution in [0.5, 0.6) is 0 Å². The van der Waals surface area contributed by atoms with Gasteiger partial charge in [-0.2, -0.15) is 0 Å².